The van der Waals surface area contributed by atoms with Gasteiger partial charge in [0, 0.05) is 5.92 Å². The van der Waals surface area contributed by atoms with Crippen molar-refractivity contribution in [1.82, 2.24) is 0 Å². The second-order valence-electron chi connectivity index (χ2n) is 6.24. The molecule has 2 rings (SSSR count). The van der Waals surface area contributed by atoms with Crippen LogP contribution in [0.4, 0.5) is 0 Å². The van der Waals surface area contributed by atoms with Crippen molar-refractivity contribution >= 4 is 0 Å². The van der Waals surface area contributed by atoms with Gasteiger partial charge in [-0.1, -0.05) is 43.9 Å². The fourth-order valence-corrected chi connectivity index (χ4v) is 3.72. The van der Waals surface area contributed by atoms with Crippen LogP contribution in [0.25, 0.3) is 0 Å². The zero-order valence-electron chi connectivity index (χ0n) is 13.2. The number of hydrogen-bond donors (Lipinski definition) is 1. The van der Waals surface area contributed by atoms with E-state index in [1.54, 1.807) is 0 Å². The summed E-state index contributed by atoms with van der Waals surface area (Å²) in [5, 5.41) is 0. The molecule has 1 aliphatic rings. The summed E-state index contributed by atoms with van der Waals surface area (Å²) in [5.41, 5.74) is 8.78. The second-order valence-corrected chi connectivity index (χ2v) is 6.24. The van der Waals surface area contributed by atoms with Gasteiger partial charge in [0.2, 0.25) is 0 Å². The van der Waals surface area contributed by atoms with Crippen LogP contribution in [0.3, 0.4) is 0 Å². The zero-order chi connectivity index (χ0) is 14.5. The van der Waals surface area contributed by atoms with Crippen molar-refractivity contribution in [2.45, 2.75) is 52.4 Å². The van der Waals surface area contributed by atoms with E-state index < -0.39 is 0 Å². The van der Waals surface area contributed by atoms with Gasteiger partial charge in [0.1, 0.15) is 5.75 Å². The molecule has 3 unspecified atom stereocenters. The first-order valence-corrected chi connectivity index (χ1v) is 8.10. The van der Waals surface area contributed by atoms with Crippen molar-refractivity contribution in [1.29, 1.82) is 0 Å². The lowest BCUT2D eigenvalue weighted by atomic mass is 9.70. The molecule has 0 spiro atoms. The average Bonchev–Trinajstić information content (AvgIpc) is 2.44. The number of ether oxygens (including phenoxy) is 1. The number of aryl methyl sites for hydroxylation is 1. The van der Waals surface area contributed by atoms with Gasteiger partial charge >= 0.3 is 0 Å². The molecule has 0 aliphatic heterocycles. The van der Waals surface area contributed by atoms with E-state index in [0.717, 1.165) is 18.2 Å². The topological polar surface area (TPSA) is 35.2 Å². The Balaban J connectivity index is 2.32. The fraction of sp³-hybridized carbons (Fsp3) is 0.667. The quantitative estimate of drug-likeness (QED) is 0.871. The molecule has 2 nitrogen and oxygen atoms in total. The lowest BCUT2D eigenvalue weighted by Gasteiger charge is -2.36. The van der Waals surface area contributed by atoms with Gasteiger partial charge < -0.3 is 10.5 Å². The monoisotopic (exact) mass is 275 g/mol. The molecule has 0 bridgehead atoms. The molecular weight excluding hydrogens is 246 g/mol. The maximum absolute atomic E-state index is 6.16. The van der Waals surface area contributed by atoms with Gasteiger partial charge in [-0.3, -0.25) is 0 Å². The van der Waals surface area contributed by atoms with Crippen molar-refractivity contribution in [3.63, 3.8) is 0 Å². The predicted molar refractivity (Wildman–Crippen MR) is 85.3 cm³/mol. The first kappa shape index (κ1) is 15.4. The Morgan fingerprint density at radius 3 is 2.70 bits per heavy atom. The molecule has 1 saturated carbocycles. The van der Waals surface area contributed by atoms with Gasteiger partial charge in [0.15, 0.2) is 0 Å². The van der Waals surface area contributed by atoms with Crippen LogP contribution in [0.1, 0.15) is 56.6 Å². The summed E-state index contributed by atoms with van der Waals surface area (Å²) in [7, 11) is 0. The number of nitrogens with two attached hydrogens (primary N) is 1. The lowest BCUT2D eigenvalue weighted by Crippen LogP contribution is -2.29. The number of rotatable bonds is 5. The molecular formula is C18H29NO. The fourth-order valence-electron chi connectivity index (χ4n) is 3.72. The van der Waals surface area contributed by atoms with Crippen LogP contribution in [0.15, 0.2) is 18.2 Å². The lowest BCUT2D eigenvalue weighted by molar-refractivity contribution is 0.215. The zero-order valence-corrected chi connectivity index (χ0v) is 13.2. The third-order valence-corrected chi connectivity index (χ3v) is 4.81. The van der Waals surface area contributed by atoms with E-state index in [2.05, 4.69) is 32.0 Å². The highest BCUT2D eigenvalue weighted by molar-refractivity contribution is 5.40. The largest absolute Gasteiger partial charge is 0.494 e. The van der Waals surface area contributed by atoms with Gasteiger partial charge in [0.05, 0.1) is 6.61 Å². The summed E-state index contributed by atoms with van der Waals surface area (Å²) < 4.78 is 5.85. The maximum atomic E-state index is 6.16. The summed E-state index contributed by atoms with van der Waals surface area (Å²) in [6, 6.07) is 6.53. The van der Waals surface area contributed by atoms with Gasteiger partial charge in [-0.05, 0) is 50.3 Å². The molecule has 0 saturated heterocycles. The standard InChI is InChI=1S/C18H29NO/c1-4-20-18-10-9-13(2)11-16(18)17(12-19)15-8-6-5-7-14(15)3/h9-11,14-15,17H,4-8,12,19H2,1-3H3. The van der Waals surface area contributed by atoms with Gasteiger partial charge in [0.25, 0.3) is 0 Å². The molecule has 3 atom stereocenters. The maximum Gasteiger partial charge on any atom is 0.122 e. The van der Waals surface area contributed by atoms with Crippen LogP contribution in [0.5, 0.6) is 5.75 Å². The first-order valence-electron chi connectivity index (χ1n) is 8.10. The van der Waals surface area contributed by atoms with E-state index in [-0.39, 0.29) is 0 Å². The molecule has 1 aromatic carbocycles. The Kier molecular flexibility index (Phi) is 5.47. The van der Waals surface area contributed by atoms with Crippen molar-refractivity contribution in [2.75, 3.05) is 13.2 Å². The third kappa shape index (κ3) is 3.35. The Hall–Kier alpha value is -1.02. The van der Waals surface area contributed by atoms with E-state index >= 15 is 0 Å². The van der Waals surface area contributed by atoms with Crippen molar-refractivity contribution < 1.29 is 4.74 Å². The first-order chi connectivity index (χ1) is 9.67. The van der Waals surface area contributed by atoms with Gasteiger partial charge in [-0.2, -0.15) is 0 Å². The van der Waals surface area contributed by atoms with Crippen LogP contribution in [0.2, 0.25) is 0 Å². The molecule has 2 N–H and O–H groups in total. The minimum absolute atomic E-state index is 0.437. The second kappa shape index (κ2) is 7.12. The molecule has 1 aliphatic carbocycles. The summed E-state index contributed by atoms with van der Waals surface area (Å²) in [6.45, 7) is 8.02. The highest BCUT2D eigenvalue weighted by Gasteiger charge is 2.31. The van der Waals surface area contributed by atoms with Crippen LogP contribution in [-0.2, 0) is 0 Å². The van der Waals surface area contributed by atoms with Gasteiger partial charge in [-0.25, -0.2) is 0 Å². The van der Waals surface area contributed by atoms with Crippen LogP contribution in [-0.4, -0.2) is 13.2 Å². The van der Waals surface area contributed by atoms with Crippen LogP contribution < -0.4 is 10.5 Å². The van der Waals surface area contributed by atoms with E-state index in [1.165, 1.54) is 36.8 Å². The number of benzene rings is 1. The van der Waals surface area contributed by atoms with E-state index in [9.17, 15) is 0 Å². The van der Waals surface area contributed by atoms with Crippen molar-refractivity contribution in [3.05, 3.63) is 29.3 Å². The number of hydrogen-bond acceptors (Lipinski definition) is 2. The third-order valence-electron chi connectivity index (χ3n) is 4.81. The summed E-state index contributed by atoms with van der Waals surface area (Å²) >= 11 is 0. The SMILES string of the molecule is CCOc1ccc(C)cc1C(CN)C1CCCCC1C. The molecule has 0 radical (unpaired) electrons. The van der Waals surface area contributed by atoms with Crippen LogP contribution >= 0.6 is 0 Å². The smallest absolute Gasteiger partial charge is 0.122 e. The molecule has 1 fully saturated rings. The molecule has 0 amide bonds. The Morgan fingerprint density at radius 1 is 1.30 bits per heavy atom. The molecule has 2 heteroatoms. The van der Waals surface area contributed by atoms with Gasteiger partial charge in [-0.15, -0.1) is 0 Å². The van der Waals surface area contributed by atoms with Crippen molar-refractivity contribution in [3.8, 4) is 5.75 Å². The van der Waals surface area contributed by atoms with Crippen molar-refractivity contribution in [2.24, 2.45) is 17.6 Å². The molecule has 0 aromatic heterocycles. The minimum atomic E-state index is 0.437. The average molecular weight is 275 g/mol. The molecule has 0 heterocycles. The summed E-state index contributed by atoms with van der Waals surface area (Å²) in [6.07, 6.45) is 5.38. The van der Waals surface area contributed by atoms with E-state index in [0.29, 0.717) is 18.4 Å². The normalized spacial score (nSPS) is 24.4. The summed E-state index contributed by atoms with van der Waals surface area (Å²) in [4.78, 5) is 0. The molecule has 1 aromatic rings. The Bertz CT molecular complexity index is 429. The predicted octanol–water partition coefficient (Wildman–Crippen LogP) is 4.26. The molecule has 20 heavy (non-hydrogen) atoms. The van der Waals surface area contributed by atoms with E-state index in [1.807, 2.05) is 6.92 Å². The Morgan fingerprint density at radius 2 is 2.05 bits per heavy atom. The Labute approximate surface area is 123 Å². The minimum Gasteiger partial charge on any atom is -0.494 e. The van der Waals surface area contributed by atoms with E-state index in [4.69, 9.17) is 10.5 Å². The summed E-state index contributed by atoms with van der Waals surface area (Å²) in [5.74, 6) is 2.94. The molecule has 112 valence electrons. The highest BCUT2D eigenvalue weighted by atomic mass is 16.5. The highest BCUT2D eigenvalue weighted by Crippen LogP contribution is 2.42. The van der Waals surface area contributed by atoms with Crippen LogP contribution in [0, 0.1) is 18.8 Å².